The van der Waals surface area contributed by atoms with Crippen LogP contribution in [0.4, 0.5) is 0 Å². The first-order valence-electron chi connectivity index (χ1n) is 9.97. The van der Waals surface area contributed by atoms with Gasteiger partial charge in [-0.1, -0.05) is 59.9 Å². The number of fused-ring (bicyclic) bond motifs is 1. The Labute approximate surface area is 190 Å². The Morgan fingerprint density at radius 2 is 1.97 bits per heavy atom. The molecule has 0 spiro atoms. The summed E-state index contributed by atoms with van der Waals surface area (Å²) >= 11 is 6.63. The van der Waals surface area contributed by atoms with Gasteiger partial charge in [-0.25, -0.2) is 0 Å². The lowest BCUT2D eigenvalue weighted by molar-refractivity contribution is -0.123. The Balaban J connectivity index is 1.27. The lowest BCUT2D eigenvalue weighted by Crippen LogP contribution is -2.37. The molecule has 1 fully saturated rings. The number of nitrogens with zero attached hydrogens (tertiary/aromatic N) is 1. The molecule has 8 heteroatoms. The standard InChI is InChI=1S/C23H22N2O4S2/c1-15-2-4-16(5-3-15)7-9-21(26)24-10-11-25-22(27)20(31-23(25)30)13-17-6-8-18-19(12-17)29-14-28-18/h2-6,8,12-13H,7,9-11,14H2,1H3,(H,24,26)/b20-13+. The van der Waals surface area contributed by atoms with Crippen LogP contribution in [0, 0.1) is 6.92 Å². The average molecular weight is 455 g/mol. The van der Waals surface area contributed by atoms with Gasteiger partial charge in [0.2, 0.25) is 12.7 Å². The Morgan fingerprint density at radius 3 is 2.77 bits per heavy atom. The highest BCUT2D eigenvalue weighted by Crippen LogP contribution is 2.36. The Bertz CT molecular complexity index is 1050. The van der Waals surface area contributed by atoms with Crippen LogP contribution in [0.5, 0.6) is 11.5 Å². The molecule has 0 unspecified atom stereocenters. The molecular formula is C23H22N2O4S2. The van der Waals surface area contributed by atoms with Gasteiger partial charge in [-0.3, -0.25) is 14.5 Å². The third-order valence-corrected chi connectivity index (χ3v) is 6.36. The first-order chi connectivity index (χ1) is 15.0. The van der Waals surface area contributed by atoms with Crippen LogP contribution < -0.4 is 14.8 Å². The van der Waals surface area contributed by atoms with E-state index in [4.69, 9.17) is 21.7 Å². The van der Waals surface area contributed by atoms with Gasteiger partial charge < -0.3 is 14.8 Å². The molecule has 2 aromatic carbocycles. The highest BCUT2D eigenvalue weighted by molar-refractivity contribution is 8.26. The van der Waals surface area contributed by atoms with Crippen molar-refractivity contribution in [3.8, 4) is 11.5 Å². The summed E-state index contributed by atoms with van der Waals surface area (Å²) in [4.78, 5) is 27.0. The molecule has 0 saturated carbocycles. The van der Waals surface area contributed by atoms with Crippen molar-refractivity contribution in [2.75, 3.05) is 19.9 Å². The van der Waals surface area contributed by atoms with Crippen molar-refractivity contribution in [2.45, 2.75) is 19.8 Å². The maximum absolute atomic E-state index is 12.7. The van der Waals surface area contributed by atoms with Crippen molar-refractivity contribution < 1.29 is 19.1 Å². The van der Waals surface area contributed by atoms with Crippen molar-refractivity contribution in [1.29, 1.82) is 0 Å². The van der Waals surface area contributed by atoms with Gasteiger partial charge in [-0.05, 0) is 42.7 Å². The van der Waals surface area contributed by atoms with Gasteiger partial charge in [-0.15, -0.1) is 0 Å². The normalized spacial score (nSPS) is 16.3. The zero-order valence-electron chi connectivity index (χ0n) is 17.1. The van der Waals surface area contributed by atoms with Crippen LogP contribution in [-0.4, -0.2) is 40.9 Å². The van der Waals surface area contributed by atoms with Crippen LogP contribution in [0.15, 0.2) is 47.4 Å². The van der Waals surface area contributed by atoms with E-state index in [9.17, 15) is 9.59 Å². The number of carbonyl (C=O) groups is 2. The van der Waals surface area contributed by atoms with Gasteiger partial charge in [-0.2, -0.15) is 0 Å². The molecule has 0 aromatic heterocycles. The van der Waals surface area contributed by atoms with E-state index < -0.39 is 0 Å². The zero-order valence-corrected chi connectivity index (χ0v) is 18.7. The number of hydrogen-bond acceptors (Lipinski definition) is 6. The number of rotatable bonds is 7. The largest absolute Gasteiger partial charge is 0.454 e. The number of carbonyl (C=O) groups excluding carboxylic acids is 2. The second kappa shape index (κ2) is 9.53. The topological polar surface area (TPSA) is 67.9 Å². The van der Waals surface area contributed by atoms with Crippen molar-refractivity contribution in [3.05, 3.63) is 64.1 Å². The third-order valence-electron chi connectivity index (χ3n) is 4.99. The second-order valence-corrected chi connectivity index (χ2v) is 8.96. The number of amides is 2. The van der Waals surface area contributed by atoms with E-state index in [1.54, 1.807) is 6.08 Å². The zero-order chi connectivity index (χ0) is 21.8. The quantitative estimate of drug-likeness (QED) is 0.509. The lowest BCUT2D eigenvalue weighted by Gasteiger charge is -2.14. The summed E-state index contributed by atoms with van der Waals surface area (Å²) in [6.07, 6.45) is 2.89. The third kappa shape index (κ3) is 5.26. The molecule has 31 heavy (non-hydrogen) atoms. The number of nitrogens with one attached hydrogen (secondary N) is 1. The molecule has 2 amide bonds. The van der Waals surface area contributed by atoms with Crippen LogP contribution in [0.25, 0.3) is 6.08 Å². The van der Waals surface area contributed by atoms with E-state index in [2.05, 4.69) is 5.32 Å². The van der Waals surface area contributed by atoms with E-state index in [1.807, 2.05) is 49.4 Å². The summed E-state index contributed by atoms with van der Waals surface area (Å²) in [6, 6.07) is 13.7. The Hall–Kier alpha value is -2.84. The number of thiocarbonyl (C=S) groups is 1. The summed E-state index contributed by atoms with van der Waals surface area (Å²) in [7, 11) is 0. The summed E-state index contributed by atoms with van der Waals surface area (Å²) < 4.78 is 11.2. The minimum atomic E-state index is -0.151. The molecule has 0 bridgehead atoms. The number of benzene rings is 2. The fourth-order valence-electron chi connectivity index (χ4n) is 3.26. The summed E-state index contributed by atoms with van der Waals surface area (Å²) in [6.45, 7) is 2.95. The molecule has 160 valence electrons. The van der Waals surface area contributed by atoms with Gasteiger partial charge in [0, 0.05) is 19.5 Å². The molecule has 2 heterocycles. The van der Waals surface area contributed by atoms with Crippen LogP contribution >= 0.6 is 24.0 Å². The molecule has 6 nitrogen and oxygen atoms in total. The molecule has 0 aliphatic carbocycles. The summed E-state index contributed by atoms with van der Waals surface area (Å²) in [5.41, 5.74) is 3.17. The fraction of sp³-hybridized carbons (Fsp3) is 0.261. The molecule has 2 aliphatic rings. The first-order valence-corrected chi connectivity index (χ1v) is 11.2. The van der Waals surface area contributed by atoms with E-state index in [1.165, 1.54) is 22.2 Å². The number of aryl methyl sites for hydroxylation is 2. The molecule has 4 rings (SSSR count). The maximum atomic E-state index is 12.7. The molecule has 1 N–H and O–H groups in total. The van der Waals surface area contributed by atoms with Crippen molar-refractivity contribution in [2.24, 2.45) is 0 Å². The Kier molecular flexibility index (Phi) is 6.58. The number of thioether (sulfide) groups is 1. The van der Waals surface area contributed by atoms with Gasteiger partial charge in [0.15, 0.2) is 11.5 Å². The Morgan fingerprint density at radius 1 is 1.19 bits per heavy atom. The lowest BCUT2D eigenvalue weighted by atomic mass is 10.1. The van der Waals surface area contributed by atoms with Crippen molar-refractivity contribution >= 4 is 46.2 Å². The molecule has 2 aromatic rings. The molecule has 1 saturated heterocycles. The molecular weight excluding hydrogens is 432 g/mol. The predicted octanol–water partition coefficient (Wildman–Crippen LogP) is 3.67. The minimum Gasteiger partial charge on any atom is -0.454 e. The monoisotopic (exact) mass is 454 g/mol. The van der Waals surface area contributed by atoms with E-state index in [0.717, 1.165) is 11.1 Å². The van der Waals surface area contributed by atoms with Crippen molar-refractivity contribution in [1.82, 2.24) is 10.2 Å². The predicted molar refractivity (Wildman–Crippen MR) is 125 cm³/mol. The molecule has 0 atom stereocenters. The van der Waals surface area contributed by atoms with Gasteiger partial charge in [0.05, 0.1) is 4.91 Å². The average Bonchev–Trinajstić information content (AvgIpc) is 3.32. The van der Waals surface area contributed by atoms with Gasteiger partial charge >= 0.3 is 0 Å². The smallest absolute Gasteiger partial charge is 0.266 e. The highest BCUT2D eigenvalue weighted by atomic mass is 32.2. The summed E-state index contributed by atoms with van der Waals surface area (Å²) in [5.74, 6) is 1.17. The fourth-order valence-corrected chi connectivity index (χ4v) is 4.56. The first kappa shape index (κ1) is 21.4. The van der Waals surface area contributed by atoms with Crippen LogP contribution in [0.2, 0.25) is 0 Å². The number of hydrogen-bond donors (Lipinski definition) is 1. The van der Waals surface area contributed by atoms with E-state index >= 15 is 0 Å². The van der Waals surface area contributed by atoms with E-state index in [-0.39, 0.29) is 18.6 Å². The minimum absolute atomic E-state index is 0.0399. The van der Waals surface area contributed by atoms with Crippen molar-refractivity contribution in [3.63, 3.8) is 0 Å². The van der Waals surface area contributed by atoms with Crippen LogP contribution in [0.1, 0.15) is 23.1 Å². The van der Waals surface area contributed by atoms with Gasteiger partial charge in [0.1, 0.15) is 4.32 Å². The van der Waals surface area contributed by atoms with E-state index in [0.29, 0.717) is 46.7 Å². The summed E-state index contributed by atoms with van der Waals surface area (Å²) in [5, 5.41) is 2.87. The highest BCUT2D eigenvalue weighted by Gasteiger charge is 2.31. The second-order valence-electron chi connectivity index (χ2n) is 7.28. The van der Waals surface area contributed by atoms with Crippen LogP contribution in [0.3, 0.4) is 0 Å². The SMILES string of the molecule is Cc1ccc(CCC(=O)NCCN2C(=O)/C(=C\c3ccc4c(c3)OCO4)SC2=S)cc1. The number of ether oxygens (including phenoxy) is 2. The maximum Gasteiger partial charge on any atom is 0.266 e. The van der Waals surface area contributed by atoms with Crippen LogP contribution in [-0.2, 0) is 16.0 Å². The molecule has 2 aliphatic heterocycles. The molecule has 0 radical (unpaired) electrons. The van der Waals surface area contributed by atoms with Gasteiger partial charge in [0.25, 0.3) is 5.91 Å².